The Morgan fingerprint density at radius 1 is 1.46 bits per heavy atom. The second kappa shape index (κ2) is 3.97. The quantitative estimate of drug-likeness (QED) is 0.711. The fraction of sp³-hybridized carbons (Fsp3) is 1.00. The van der Waals surface area contributed by atoms with Crippen molar-refractivity contribution in [3.8, 4) is 0 Å². The van der Waals surface area contributed by atoms with E-state index >= 15 is 0 Å². The molecule has 13 heavy (non-hydrogen) atoms. The number of hydrogen-bond donors (Lipinski definition) is 1. The lowest BCUT2D eigenvalue weighted by Gasteiger charge is -2.33. The highest BCUT2D eigenvalue weighted by molar-refractivity contribution is 4.96. The molecule has 0 aromatic carbocycles. The van der Waals surface area contributed by atoms with E-state index in [9.17, 15) is 0 Å². The van der Waals surface area contributed by atoms with Crippen LogP contribution < -0.4 is 5.32 Å². The number of nitrogens with one attached hydrogen (secondary N) is 1. The van der Waals surface area contributed by atoms with Gasteiger partial charge >= 0.3 is 0 Å². The van der Waals surface area contributed by atoms with E-state index in [0.717, 1.165) is 18.0 Å². The normalized spacial score (nSPS) is 40.6. The van der Waals surface area contributed by atoms with E-state index in [-0.39, 0.29) is 0 Å². The molecule has 0 radical (unpaired) electrons. The molecule has 1 heterocycles. The van der Waals surface area contributed by atoms with Crippen LogP contribution in [0.5, 0.6) is 0 Å². The van der Waals surface area contributed by atoms with Gasteiger partial charge in [-0.3, -0.25) is 4.90 Å². The topological polar surface area (TPSA) is 15.3 Å². The van der Waals surface area contributed by atoms with Crippen molar-refractivity contribution >= 4 is 0 Å². The van der Waals surface area contributed by atoms with Crippen LogP contribution in [0.25, 0.3) is 0 Å². The Labute approximate surface area is 81.7 Å². The predicted octanol–water partition coefficient (Wildman–Crippen LogP) is 1.47. The SMILES string of the molecule is CCC1CC1N1CCCC(NC)C1. The summed E-state index contributed by atoms with van der Waals surface area (Å²) in [5.74, 6) is 1.02. The van der Waals surface area contributed by atoms with Gasteiger partial charge < -0.3 is 5.32 Å². The minimum Gasteiger partial charge on any atom is -0.316 e. The van der Waals surface area contributed by atoms with Crippen LogP contribution in [0.1, 0.15) is 32.6 Å². The van der Waals surface area contributed by atoms with Crippen molar-refractivity contribution in [2.45, 2.75) is 44.7 Å². The maximum absolute atomic E-state index is 3.41. The van der Waals surface area contributed by atoms with Gasteiger partial charge in [0.2, 0.25) is 0 Å². The minimum absolute atomic E-state index is 0.756. The molecule has 0 aromatic heterocycles. The average molecular weight is 182 g/mol. The van der Waals surface area contributed by atoms with Gasteiger partial charge in [-0.05, 0) is 38.8 Å². The lowest BCUT2D eigenvalue weighted by Crippen LogP contribution is -2.45. The molecule has 3 unspecified atom stereocenters. The van der Waals surface area contributed by atoms with E-state index in [1.807, 2.05) is 0 Å². The zero-order chi connectivity index (χ0) is 9.26. The molecule has 76 valence electrons. The predicted molar refractivity (Wildman–Crippen MR) is 55.8 cm³/mol. The molecule has 1 saturated carbocycles. The first-order valence-corrected chi connectivity index (χ1v) is 5.76. The van der Waals surface area contributed by atoms with Crippen LogP contribution in [-0.4, -0.2) is 37.1 Å². The third-order valence-corrected chi connectivity index (χ3v) is 3.74. The Kier molecular flexibility index (Phi) is 2.89. The van der Waals surface area contributed by atoms with Crippen LogP contribution in [0.2, 0.25) is 0 Å². The molecule has 1 aliphatic heterocycles. The molecule has 0 aromatic rings. The lowest BCUT2D eigenvalue weighted by atomic mass is 10.1. The van der Waals surface area contributed by atoms with Crippen LogP contribution in [0.4, 0.5) is 0 Å². The molecule has 2 rings (SSSR count). The van der Waals surface area contributed by atoms with Crippen LogP contribution in [0.3, 0.4) is 0 Å². The smallest absolute Gasteiger partial charge is 0.0192 e. The molecule has 0 amide bonds. The first-order chi connectivity index (χ1) is 6.35. The summed E-state index contributed by atoms with van der Waals surface area (Å²) in [6.45, 7) is 4.96. The summed E-state index contributed by atoms with van der Waals surface area (Å²) in [4.78, 5) is 2.71. The Balaban J connectivity index is 1.80. The first-order valence-electron chi connectivity index (χ1n) is 5.76. The van der Waals surface area contributed by atoms with Crippen LogP contribution in [0, 0.1) is 5.92 Å². The highest BCUT2D eigenvalue weighted by Crippen LogP contribution is 2.39. The van der Waals surface area contributed by atoms with Crippen molar-refractivity contribution in [1.82, 2.24) is 10.2 Å². The number of likely N-dealkylation sites (N-methyl/N-ethyl adjacent to an activating group) is 1. The summed E-state index contributed by atoms with van der Waals surface area (Å²) < 4.78 is 0. The van der Waals surface area contributed by atoms with Crippen LogP contribution in [0.15, 0.2) is 0 Å². The van der Waals surface area contributed by atoms with Crippen molar-refractivity contribution in [2.24, 2.45) is 5.92 Å². The van der Waals surface area contributed by atoms with Crippen molar-refractivity contribution in [3.05, 3.63) is 0 Å². The molecule has 2 nitrogen and oxygen atoms in total. The number of rotatable bonds is 3. The van der Waals surface area contributed by atoms with Gasteiger partial charge in [0, 0.05) is 18.6 Å². The summed E-state index contributed by atoms with van der Waals surface area (Å²) in [5.41, 5.74) is 0. The largest absolute Gasteiger partial charge is 0.316 e. The maximum atomic E-state index is 3.41. The van der Waals surface area contributed by atoms with Crippen molar-refractivity contribution < 1.29 is 0 Å². The molecular formula is C11H22N2. The van der Waals surface area contributed by atoms with E-state index in [2.05, 4.69) is 24.2 Å². The van der Waals surface area contributed by atoms with Crippen LogP contribution >= 0.6 is 0 Å². The highest BCUT2D eigenvalue weighted by atomic mass is 15.2. The molecule has 0 spiro atoms. The lowest BCUT2D eigenvalue weighted by molar-refractivity contribution is 0.179. The Morgan fingerprint density at radius 3 is 2.92 bits per heavy atom. The zero-order valence-corrected chi connectivity index (χ0v) is 8.92. The van der Waals surface area contributed by atoms with Gasteiger partial charge in [0.05, 0.1) is 0 Å². The number of nitrogens with zero attached hydrogens (tertiary/aromatic N) is 1. The van der Waals surface area contributed by atoms with Gasteiger partial charge in [0.15, 0.2) is 0 Å². The molecule has 2 aliphatic rings. The zero-order valence-electron chi connectivity index (χ0n) is 8.92. The Bertz CT molecular complexity index is 169. The van der Waals surface area contributed by atoms with Crippen molar-refractivity contribution in [2.75, 3.05) is 20.1 Å². The second-order valence-electron chi connectivity index (χ2n) is 4.59. The fourth-order valence-corrected chi connectivity index (χ4v) is 2.66. The number of piperidine rings is 1. The molecule has 1 saturated heterocycles. The average Bonchev–Trinajstić information content (AvgIpc) is 2.97. The third kappa shape index (κ3) is 2.05. The fourth-order valence-electron chi connectivity index (χ4n) is 2.66. The van der Waals surface area contributed by atoms with Gasteiger partial charge in [-0.2, -0.15) is 0 Å². The van der Waals surface area contributed by atoms with E-state index in [1.165, 1.54) is 38.8 Å². The van der Waals surface area contributed by atoms with E-state index in [4.69, 9.17) is 0 Å². The minimum atomic E-state index is 0.756. The van der Waals surface area contributed by atoms with Crippen molar-refractivity contribution in [1.29, 1.82) is 0 Å². The van der Waals surface area contributed by atoms with Gasteiger partial charge in [-0.1, -0.05) is 13.3 Å². The molecule has 2 heteroatoms. The Morgan fingerprint density at radius 2 is 2.31 bits per heavy atom. The molecule has 0 bridgehead atoms. The van der Waals surface area contributed by atoms with Crippen LogP contribution in [-0.2, 0) is 0 Å². The number of likely N-dealkylation sites (tertiary alicyclic amines) is 1. The summed E-state index contributed by atoms with van der Waals surface area (Å²) in [6, 6.07) is 1.70. The maximum Gasteiger partial charge on any atom is 0.0192 e. The molecule has 1 N–H and O–H groups in total. The van der Waals surface area contributed by atoms with Gasteiger partial charge in [0.25, 0.3) is 0 Å². The van der Waals surface area contributed by atoms with E-state index in [0.29, 0.717) is 0 Å². The highest BCUT2D eigenvalue weighted by Gasteiger charge is 2.41. The number of hydrogen-bond acceptors (Lipinski definition) is 2. The standard InChI is InChI=1S/C11H22N2/c1-3-9-7-11(9)13-6-4-5-10(8-13)12-2/h9-12H,3-8H2,1-2H3. The van der Waals surface area contributed by atoms with Crippen molar-refractivity contribution in [3.63, 3.8) is 0 Å². The molecule has 2 fully saturated rings. The summed E-state index contributed by atoms with van der Waals surface area (Å²) in [5, 5.41) is 3.41. The van der Waals surface area contributed by atoms with Gasteiger partial charge in [-0.25, -0.2) is 0 Å². The molecule has 1 aliphatic carbocycles. The first kappa shape index (κ1) is 9.47. The van der Waals surface area contributed by atoms with Gasteiger partial charge in [-0.15, -0.1) is 0 Å². The summed E-state index contributed by atoms with van der Waals surface area (Å²) >= 11 is 0. The van der Waals surface area contributed by atoms with E-state index < -0.39 is 0 Å². The summed E-state index contributed by atoms with van der Waals surface area (Å²) in [7, 11) is 2.10. The third-order valence-electron chi connectivity index (χ3n) is 3.74. The Hall–Kier alpha value is -0.0800. The molecular weight excluding hydrogens is 160 g/mol. The summed E-state index contributed by atoms with van der Waals surface area (Å²) in [6.07, 6.45) is 5.60. The molecule has 3 atom stereocenters. The van der Waals surface area contributed by atoms with E-state index in [1.54, 1.807) is 0 Å². The monoisotopic (exact) mass is 182 g/mol. The second-order valence-corrected chi connectivity index (χ2v) is 4.59. The van der Waals surface area contributed by atoms with Gasteiger partial charge in [0.1, 0.15) is 0 Å².